The van der Waals surface area contributed by atoms with Crippen molar-refractivity contribution in [3.05, 3.63) is 11.6 Å². The third-order valence-electron chi connectivity index (χ3n) is 10.2. The first kappa shape index (κ1) is 24.9. The van der Waals surface area contributed by atoms with Gasteiger partial charge < -0.3 is 18.9 Å². The normalized spacial score (nSPS) is 45.3. The van der Waals surface area contributed by atoms with Crippen LogP contribution in [0.3, 0.4) is 0 Å². The Morgan fingerprint density at radius 3 is 2.46 bits per heavy atom. The summed E-state index contributed by atoms with van der Waals surface area (Å²) in [5.41, 5.74) is 0.0429. The molecule has 0 spiro atoms. The summed E-state index contributed by atoms with van der Waals surface area (Å²) in [7, 11) is 0. The fraction of sp³-hybridized carbons (Fsp3) is 0.821. The van der Waals surface area contributed by atoms with Crippen LogP contribution in [0, 0.1) is 28.6 Å². The lowest BCUT2D eigenvalue weighted by Crippen LogP contribution is -2.61. The number of esters is 2. The van der Waals surface area contributed by atoms with E-state index in [-0.39, 0.29) is 47.3 Å². The van der Waals surface area contributed by atoms with Crippen LogP contribution in [0.2, 0.25) is 0 Å². The van der Waals surface area contributed by atoms with Crippen molar-refractivity contribution in [3.63, 3.8) is 0 Å². The van der Waals surface area contributed by atoms with Crippen LogP contribution >= 0.6 is 0 Å². The Morgan fingerprint density at radius 1 is 1.03 bits per heavy atom. The molecule has 5 rings (SSSR count). The smallest absolute Gasteiger partial charge is 0.303 e. The quantitative estimate of drug-likeness (QED) is 0.425. The van der Waals surface area contributed by atoms with Crippen LogP contribution in [0.5, 0.6) is 0 Å². The van der Waals surface area contributed by atoms with Gasteiger partial charge in [-0.1, -0.05) is 25.5 Å². The van der Waals surface area contributed by atoms with Gasteiger partial charge in [-0.3, -0.25) is 14.4 Å². The molecule has 5 aliphatic rings. The van der Waals surface area contributed by atoms with Crippen LogP contribution in [-0.4, -0.2) is 47.9 Å². The Bertz CT molecular complexity index is 968. The SMILES string of the molecule is CC(=O)OCC(=O)[C@@]12OC(C)(C)O[C@@H]1C[C@@H]1[C@@H]3CC=C4C[C@H](OC(C)=O)CC[C@]4(C)[C@H]3CC[C@@]12C. The number of hydrogen-bond donors (Lipinski definition) is 0. The number of ether oxygens (including phenoxy) is 4. The fourth-order valence-electron chi connectivity index (χ4n) is 8.84. The Morgan fingerprint density at radius 2 is 1.77 bits per heavy atom. The lowest BCUT2D eigenvalue weighted by Gasteiger charge is -2.59. The predicted molar refractivity (Wildman–Crippen MR) is 127 cm³/mol. The van der Waals surface area contributed by atoms with Crippen molar-refractivity contribution in [2.45, 2.75) is 110 Å². The lowest BCUT2D eigenvalue weighted by atomic mass is 9.46. The first-order valence-corrected chi connectivity index (χ1v) is 13.2. The molecule has 4 aliphatic carbocycles. The van der Waals surface area contributed by atoms with Gasteiger partial charge in [-0.05, 0) is 75.5 Å². The van der Waals surface area contributed by atoms with E-state index in [1.807, 2.05) is 13.8 Å². The molecule has 8 atom stereocenters. The van der Waals surface area contributed by atoms with Crippen LogP contribution in [0.1, 0.15) is 86.5 Å². The van der Waals surface area contributed by atoms with E-state index in [9.17, 15) is 14.4 Å². The van der Waals surface area contributed by atoms with Crippen molar-refractivity contribution in [2.24, 2.45) is 28.6 Å². The van der Waals surface area contributed by atoms with E-state index in [2.05, 4.69) is 19.9 Å². The van der Waals surface area contributed by atoms with Crippen molar-refractivity contribution in [3.8, 4) is 0 Å². The summed E-state index contributed by atoms with van der Waals surface area (Å²) in [4.78, 5) is 36.8. The molecular weight excluding hydrogens is 448 g/mol. The minimum Gasteiger partial charge on any atom is -0.462 e. The summed E-state index contributed by atoms with van der Waals surface area (Å²) in [6.45, 7) is 10.9. The van der Waals surface area contributed by atoms with Crippen molar-refractivity contribution in [2.75, 3.05) is 6.61 Å². The van der Waals surface area contributed by atoms with E-state index in [1.54, 1.807) is 0 Å². The Balaban J connectivity index is 1.46. The Kier molecular flexibility index (Phi) is 5.80. The Labute approximate surface area is 208 Å². The number of fused-ring (bicyclic) bond motifs is 7. The zero-order valence-corrected chi connectivity index (χ0v) is 22.0. The summed E-state index contributed by atoms with van der Waals surface area (Å²) < 4.78 is 23.7. The van der Waals surface area contributed by atoms with Gasteiger partial charge in [0.25, 0.3) is 0 Å². The second kappa shape index (κ2) is 8.14. The molecule has 7 nitrogen and oxygen atoms in total. The number of carbonyl (C=O) groups is 3. The molecule has 0 unspecified atom stereocenters. The van der Waals surface area contributed by atoms with Gasteiger partial charge in [0.15, 0.2) is 18.0 Å². The first-order valence-electron chi connectivity index (χ1n) is 13.2. The molecule has 0 N–H and O–H groups in total. The van der Waals surface area contributed by atoms with Crippen molar-refractivity contribution in [1.29, 1.82) is 0 Å². The maximum absolute atomic E-state index is 13.7. The van der Waals surface area contributed by atoms with Gasteiger partial charge in [-0.15, -0.1) is 0 Å². The number of carbonyl (C=O) groups excluding carboxylic acids is 3. The number of allylic oxidation sites excluding steroid dienone is 1. The summed E-state index contributed by atoms with van der Waals surface area (Å²) in [6.07, 6.45) is 8.41. The minimum atomic E-state index is -1.10. The average Bonchev–Trinajstić information content (AvgIpc) is 3.17. The monoisotopic (exact) mass is 488 g/mol. The van der Waals surface area contributed by atoms with Crippen LogP contribution < -0.4 is 0 Å². The third-order valence-corrected chi connectivity index (χ3v) is 10.2. The highest BCUT2D eigenvalue weighted by molar-refractivity contribution is 5.92. The molecule has 1 heterocycles. The molecule has 0 aromatic rings. The average molecular weight is 489 g/mol. The Hall–Kier alpha value is -1.73. The predicted octanol–water partition coefficient (Wildman–Crippen LogP) is 4.51. The molecule has 0 aromatic heterocycles. The first-order chi connectivity index (χ1) is 16.3. The lowest BCUT2D eigenvalue weighted by molar-refractivity contribution is -0.215. The molecule has 3 saturated carbocycles. The zero-order valence-electron chi connectivity index (χ0n) is 22.0. The maximum Gasteiger partial charge on any atom is 0.303 e. The summed E-state index contributed by atoms with van der Waals surface area (Å²) in [5, 5.41) is 0. The molecule has 194 valence electrons. The van der Waals surface area contributed by atoms with Gasteiger partial charge in [0, 0.05) is 25.7 Å². The van der Waals surface area contributed by atoms with Gasteiger partial charge in [-0.25, -0.2) is 0 Å². The number of Topliss-reactive ketones (excluding diaryl/α,β-unsaturated/α-hetero) is 1. The topological polar surface area (TPSA) is 88.1 Å². The van der Waals surface area contributed by atoms with Crippen molar-refractivity contribution in [1.82, 2.24) is 0 Å². The van der Waals surface area contributed by atoms with Crippen LogP contribution in [0.4, 0.5) is 0 Å². The highest BCUT2D eigenvalue weighted by Gasteiger charge is 2.75. The third kappa shape index (κ3) is 3.63. The van der Waals surface area contributed by atoms with E-state index in [1.165, 1.54) is 19.4 Å². The molecular formula is C28H40O7. The van der Waals surface area contributed by atoms with Crippen molar-refractivity contribution >= 4 is 17.7 Å². The standard InChI is InChI=1S/C28H40O7/c1-16(29)32-15-23(31)28-24(34-25(3,4)35-28)14-22-20-8-7-18-13-19(33-17(2)30)9-11-26(18,5)21(20)10-12-27(22,28)6/h7,19-22,24H,8-15H2,1-6H3/t19-,20-,21+,22-,24-,26+,27+,28-/m1/s1. The van der Waals surface area contributed by atoms with Crippen LogP contribution in [0.25, 0.3) is 0 Å². The highest BCUT2D eigenvalue weighted by Crippen LogP contribution is 2.70. The van der Waals surface area contributed by atoms with Gasteiger partial charge in [0.05, 0.1) is 6.10 Å². The molecule has 0 aromatic carbocycles. The van der Waals surface area contributed by atoms with E-state index >= 15 is 0 Å². The maximum atomic E-state index is 13.7. The van der Waals surface area contributed by atoms with Gasteiger partial charge in [-0.2, -0.15) is 0 Å². The fourth-order valence-corrected chi connectivity index (χ4v) is 8.84. The molecule has 0 amide bonds. The molecule has 4 fully saturated rings. The molecule has 0 radical (unpaired) electrons. The molecule has 0 bridgehead atoms. The molecule has 35 heavy (non-hydrogen) atoms. The molecule has 1 aliphatic heterocycles. The molecule has 1 saturated heterocycles. The minimum absolute atomic E-state index is 0.0192. The van der Waals surface area contributed by atoms with Gasteiger partial charge >= 0.3 is 11.9 Å². The van der Waals surface area contributed by atoms with Crippen LogP contribution in [-0.2, 0) is 33.3 Å². The number of rotatable bonds is 4. The van der Waals surface area contributed by atoms with Gasteiger partial charge in [0.1, 0.15) is 6.10 Å². The van der Waals surface area contributed by atoms with E-state index in [4.69, 9.17) is 18.9 Å². The summed E-state index contributed by atoms with van der Waals surface area (Å²) in [5.74, 6) is -0.461. The summed E-state index contributed by atoms with van der Waals surface area (Å²) >= 11 is 0. The zero-order chi connectivity index (χ0) is 25.4. The van der Waals surface area contributed by atoms with E-state index in [0.29, 0.717) is 11.8 Å². The largest absolute Gasteiger partial charge is 0.462 e. The number of ketones is 1. The van der Waals surface area contributed by atoms with Crippen molar-refractivity contribution < 1.29 is 33.3 Å². The van der Waals surface area contributed by atoms with E-state index < -0.39 is 17.4 Å². The summed E-state index contributed by atoms with van der Waals surface area (Å²) in [6, 6.07) is 0. The van der Waals surface area contributed by atoms with Gasteiger partial charge in [0.2, 0.25) is 5.78 Å². The highest BCUT2D eigenvalue weighted by atomic mass is 16.8. The second-order valence-corrected chi connectivity index (χ2v) is 12.5. The van der Waals surface area contributed by atoms with E-state index in [0.717, 1.165) is 44.9 Å². The second-order valence-electron chi connectivity index (χ2n) is 12.5. The number of hydrogen-bond acceptors (Lipinski definition) is 7. The molecule has 7 heteroatoms. The van der Waals surface area contributed by atoms with Crippen LogP contribution in [0.15, 0.2) is 11.6 Å².